The van der Waals surface area contributed by atoms with Gasteiger partial charge in [-0.2, -0.15) is 0 Å². The number of hydrogen-bond donors (Lipinski definition) is 0. The number of unbranched alkanes of at least 4 members (excludes halogenated alkanes) is 1. The molecule has 17 heavy (non-hydrogen) atoms. The van der Waals surface area contributed by atoms with Gasteiger partial charge in [0.25, 0.3) is 14.1 Å². The first-order valence-corrected chi connectivity index (χ1v) is 10.3. The van der Waals surface area contributed by atoms with Crippen LogP contribution >= 0.6 is 0 Å². The van der Waals surface area contributed by atoms with Crippen molar-refractivity contribution in [3.63, 3.8) is 0 Å². The molecule has 0 aromatic carbocycles. The predicted molar refractivity (Wildman–Crippen MR) is 80.2 cm³/mol. The highest BCUT2D eigenvalue weighted by atomic mass is 27.2. The Bertz CT molecular complexity index is 177. The van der Waals surface area contributed by atoms with Crippen molar-refractivity contribution in [2.24, 2.45) is 0 Å². The Morgan fingerprint density at radius 3 is 2.00 bits per heavy atom. The maximum Gasteiger partial charge on any atom is 0.261 e. The topological polar surface area (TPSA) is 3.24 Å². The molecule has 0 unspecified atom stereocenters. The molecule has 0 spiro atoms. The summed E-state index contributed by atoms with van der Waals surface area (Å²) >= 11 is -0.257. The molecule has 0 N–H and O–H groups in total. The predicted octanol–water partition coefficient (Wildman–Crippen LogP) is 4.56. The smallest absolute Gasteiger partial charge is 0.261 e. The fourth-order valence-corrected chi connectivity index (χ4v) is 6.78. The molecular formula is C15H32AlN. The summed E-state index contributed by atoms with van der Waals surface area (Å²) in [4.78, 5) is 2.64. The van der Waals surface area contributed by atoms with Gasteiger partial charge in [0.05, 0.1) is 0 Å². The molecule has 1 heterocycles. The van der Waals surface area contributed by atoms with Gasteiger partial charge in [0.1, 0.15) is 0 Å². The SMILES string of the molecule is CC(C)N(CCC[CH2][Al]1[CH2]CCC[CH2]1)C(C)C. The van der Waals surface area contributed by atoms with Crippen molar-refractivity contribution in [2.45, 2.75) is 87.7 Å². The summed E-state index contributed by atoms with van der Waals surface area (Å²) in [5.74, 6) is 0. The molecule has 0 atom stereocenters. The Morgan fingerprint density at radius 2 is 1.47 bits per heavy atom. The summed E-state index contributed by atoms with van der Waals surface area (Å²) in [6.07, 6.45) is 7.58. The van der Waals surface area contributed by atoms with Crippen LogP contribution in [-0.4, -0.2) is 37.7 Å². The summed E-state index contributed by atoms with van der Waals surface area (Å²) in [5, 5.41) is 4.93. The highest BCUT2D eigenvalue weighted by Gasteiger charge is 2.19. The van der Waals surface area contributed by atoms with Gasteiger partial charge < -0.3 is 0 Å². The van der Waals surface area contributed by atoms with E-state index in [4.69, 9.17) is 0 Å². The zero-order chi connectivity index (χ0) is 12.7. The van der Waals surface area contributed by atoms with E-state index in [1.54, 1.807) is 28.7 Å². The third-order valence-electron chi connectivity index (χ3n) is 4.33. The van der Waals surface area contributed by atoms with Gasteiger partial charge in [-0.3, -0.25) is 4.90 Å². The maximum atomic E-state index is 2.64. The Morgan fingerprint density at radius 1 is 0.882 bits per heavy atom. The number of hydrogen-bond acceptors (Lipinski definition) is 1. The quantitative estimate of drug-likeness (QED) is 0.475. The Labute approximate surface area is 113 Å². The fourth-order valence-electron chi connectivity index (χ4n) is 3.32. The van der Waals surface area contributed by atoms with E-state index in [2.05, 4.69) is 32.6 Å². The maximum absolute atomic E-state index is 2.64. The van der Waals surface area contributed by atoms with Crippen molar-refractivity contribution < 1.29 is 0 Å². The molecule has 1 rings (SSSR count). The van der Waals surface area contributed by atoms with Crippen LogP contribution in [-0.2, 0) is 0 Å². The molecule has 0 bridgehead atoms. The molecule has 100 valence electrons. The van der Waals surface area contributed by atoms with Gasteiger partial charge >= 0.3 is 0 Å². The Hall–Kier alpha value is 0.492. The summed E-state index contributed by atoms with van der Waals surface area (Å²) in [5.41, 5.74) is 0. The van der Waals surface area contributed by atoms with Crippen LogP contribution in [0.15, 0.2) is 0 Å². The second kappa shape index (κ2) is 8.57. The number of nitrogens with zero attached hydrogens (tertiary/aromatic N) is 1. The molecule has 1 fully saturated rings. The monoisotopic (exact) mass is 253 g/mol. The van der Waals surface area contributed by atoms with Crippen LogP contribution in [0.5, 0.6) is 0 Å². The van der Waals surface area contributed by atoms with Crippen LogP contribution < -0.4 is 0 Å². The molecule has 0 amide bonds. The summed E-state index contributed by atoms with van der Waals surface area (Å²) in [6, 6.07) is 1.42. The Balaban J connectivity index is 2.09. The van der Waals surface area contributed by atoms with Gasteiger partial charge in [-0.1, -0.05) is 41.5 Å². The van der Waals surface area contributed by atoms with Crippen LogP contribution in [0, 0.1) is 0 Å². The molecule has 2 heteroatoms. The minimum absolute atomic E-state index is 0.257. The zero-order valence-electron chi connectivity index (χ0n) is 12.5. The van der Waals surface area contributed by atoms with Crippen molar-refractivity contribution in [2.75, 3.05) is 6.54 Å². The minimum atomic E-state index is -0.257. The standard InChI is InChI=1S/C10H22N.C5H10.Al/c1-6-7-8-11(9(2)3)10(4)5;1-3-5-4-2;/h9-10H,1,6-8H2,2-5H3;1-5H2;. The van der Waals surface area contributed by atoms with Crippen molar-refractivity contribution in [3.8, 4) is 0 Å². The largest absolute Gasteiger partial charge is 0.299 e. The molecule has 1 aliphatic rings. The first-order valence-electron chi connectivity index (χ1n) is 7.87. The first-order chi connectivity index (χ1) is 8.11. The van der Waals surface area contributed by atoms with Crippen LogP contribution in [0.3, 0.4) is 0 Å². The molecule has 1 aliphatic heterocycles. The lowest BCUT2D eigenvalue weighted by atomic mass is 10.2. The molecular weight excluding hydrogens is 221 g/mol. The van der Waals surface area contributed by atoms with Crippen molar-refractivity contribution in [1.29, 1.82) is 0 Å². The van der Waals surface area contributed by atoms with E-state index in [9.17, 15) is 0 Å². The molecule has 0 aromatic heterocycles. The van der Waals surface area contributed by atoms with E-state index in [0.717, 1.165) is 0 Å². The summed E-state index contributed by atoms with van der Waals surface area (Å²) in [7, 11) is 0. The van der Waals surface area contributed by atoms with Gasteiger partial charge in [0, 0.05) is 12.1 Å². The molecule has 0 radical (unpaired) electrons. The molecule has 0 aromatic rings. The zero-order valence-corrected chi connectivity index (χ0v) is 13.7. The lowest BCUT2D eigenvalue weighted by Gasteiger charge is -2.30. The first kappa shape index (κ1) is 15.5. The summed E-state index contributed by atoms with van der Waals surface area (Å²) in [6.45, 7) is 10.6. The van der Waals surface area contributed by atoms with E-state index in [1.165, 1.54) is 25.8 Å². The molecule has 0 aliphatic carbocycles. The lowest BCUT2D eigenvalue weighted by Crippen LogP contribution is -2.37. The summed E-state index contributed by atoms with van der Waals surface area (Å²) < 4.78 is 0. The van der Waals surface area contributed by atoms with Gasteiger partial charge in [0.2, 0.25) is 0 Å². The van der Waals surface area contributed by atoms with Crippen LogP contribution in [0.1, 0.15) is 59.8 Å². The molecule has 1 nitrogen and oxygen atoms in total. The van der Waals surface area contributed by atoms with E-state index >= 15 is 0 Å². The van der Waals surface area contributed by atoms with Crippen LogP contribution in [0.2, 0.25) is 15.8 Å². The average molecular weight is 253 g/mol. The molecule has 0 saturated carbocycles. The lowest BCUT2D eigenvalue weighted by molar-refractivity contribution is 0.172. The van der Waals surface area contributed by atoms with Crippen molar-refractivity contribution in [3.05, 3.63) is 0 Å². The fraction of sp³-hybridized carbons (Fsp3) is 1.00. The van der Waals surface area contributed by atoms with E-state index < -0.39 is 0 Å². The second-order valence-electron chi connectivity index (χ2n) is 6.43. The third-order valence-corrected chi connectivity index (χ3v) is 8.00. The van der Waals surface area contributed by atoms with Gasteiger partial charge in [-0.25, -0.2) is 0 Å². The Kier molecular flexibility index (Phi) is 7.84. The third kappa shape index (κ3) is 6.28. The van der Waals surface area contributed by atoms with Gasteiger partial charge in [0.15, 0.2) is 0 Å². The highest BCUT2D eigenvalue weighted by molar-refractivity contribution is 6.58. The van der Waals surface area contributed by atoms with Gasteiger partial charge in [-0.05, 0) is 40.7 Å². The second-order valence-corrected chi connectivity index (χ2v) is 9.89. The van der Waals surface area contributed by atoms with Crippen LogP contribution in [0.4, 0.5) is 0 Å². The van der Waals surface area contributed by atoms with Crippen molar-refractivity contribution >= 4 is 14.1 Å². The van der Waals surface area contributed by atoms with E-state index in [0.29, 0.717) is 12.1 Å². The minimum Gasteiger partial charge on any atom is -0.299 e. The van der Waals surface area contributed by atoms with Gasteiger partial charge in [-0.15, -0.1) is 0 Å². The normalized spacial score (nSPS) is 17.5. The number of rotatable bonds is 7. The van der Waals surface area contributed by atoms with Crippen molar-refractivity contribution in [1.82, 2.24) is 4.90 Å². The highest BCUT2D eigenvalue weighted by Crippen LogP contribution is 2.23. The van der Waals surface area contributed by atoms with E-state index in [1.807, 2.05) is 0 Å². The van der Waals surface area contributed by atoms with Crippen LogP contribution in [0.25, 0.3) is 0 Å². The van der Waals surface area contributed by atoms with E-state index in [-0.39, 0.29) is 14.1 Å². The molecule has 1 saturated heterocycles. The average Bonchev–Trinajstić information content (AvgIpc) is 2.29.